The van der Waals surface area contributed by atoms with Gasteiger partial charge in [0.2, 0.25) is 5.91 Å². The Hall–Kier alpha value is -2.01. The summed E-state index contributed by atoms with van der Waals surface area (Å²) in [5.41, 5.74) is 0.953. The van der Waals surface area contributed by atoms with Crippen molar-refractivity contribution in [3.8, 4) is 0 Å². The second-order valence-electron chi connectivity index (χ2n) is 4.29. The molecule has 0 aliphatic rings. The number of benzene rings is 1. The van der Waals surface area contributed by atoms with Gasteiger partial charge in [-0.25, -0.2) is 4.98 Å². The molecule has 0 saturated carbocycles. The number of ketones is 1. The fraction of sp³-hybridized carbons (Fsp3) is 0.133. The van der Waals surface area contributed by atoms with Gasteiger partial charge in [0.15, 0.2) is 5.78 Å². The van der Waals surface area contributed by atoms with Crippen LogP contribution in [0.3, 0.4) is 0 Å². The van der Waals surface area contributed by atoms with Gasteiger partial charge in [0.1, 0.15) is 5.82 Å². The molecule has 0 unspecified atom stereocenters. The summed E-state index contributed by atoms with van der Waals surface area (Å²) in [4.78, 5) is 29.5. The molecule has 102 valence electrons. The van der Waals surface area contributed by atoms with Crippen LogP contribution in [-0.4, -0.2) is 23.7 Å². The number of aromatic nitrogens is 1. The average Bonchev–Trinajstić information content (AvgIpc) is 2.45. The van der Waals surface area contributed by atoms with E-state index in [-0.39, 0.29) is 11.7 Å². The fourth-order valence-corrected chi connectivity index (χ4v) is 2.18. The van der Waals surface area contributed by atoms with Gasteiger partial charge < -0.3 is 0 Å². The Kier molecular flexibility index (Phi) is 4.29. The molecule has 4 nitrogen and oxygen atoms in total. The van der Waals surface area contributed by atoms with Gasteiger partial charge in [-0.3, -0.25) is 14.5 Å². The van der Waals surface area contributed by atoms with Gasteiger partial charge in [-0.2, -0.15) is 0 Å². The third-order valence-corrected chi connectivity index (χ3v) is 3.40. The molecule has 1 aromatic carbocycles. The SMILES string of the molecule is CC(=O)N(C)c1ncccc1C(=O)c1cccc(Br)c1. The number of carbonyl (C=O) groups is 2. The lowest BCUT2D eigenvalue weighted by Gasteiger charge is -2.16. The summed E-state index contributed by atoms with van der Waals surface area (Å²) in [5, 5.41) is 0. The molecule has 1 heterocycles. The highest BCUT2D eigenvalue weighted by molar-refractivity contribution is 9.10. The van der Waals surface area contributed by atoms with Gasteiger partial charge in [-0.05, 0) is 24.3 Å². The molecule has 0 N–H and O–H groups in total. The first-order chi connectivity index (χ1) is 9.50. The van der Waals surface area contributed by atoms with Crippen molar-refractivity contribution in [3.05, 3.63) is 58.2 Å². The molecule has 0 spiro atoms. The number of amides is 1. The quantitative estimate of drug-likeness (QED) is 0.811. The van der Waals surface area contributed by atoms with Crippen molar-refractivity contribution < 1.29 is 9.59 Å². The summed E-state index contributed by atoms with van der Waals surface area (Å²) in [6, 6.07) is 10.5. The minimum atomic E-state index is -0.174. The van der Waals surface area contributed by atoms with E-state index in [4.69, 9.17) is 0 Å². The van der Waals surface area contributed by atoms with Crippen LogP contribution in [0.4, 0.5) is 5.82 Å². The average molecular weight is 333 g/mol. The smallest absolute Gasteiger partial charge is 0.224 e. The van der Waals surface area contributed by atoms with Gasteiger partial charge in [0.25, 0.3) is 0 Å². The van der Waals surface area contributed by atoms with Crippen LogP contribution in [0.1, 0.15) is 22.8 Å². The number of nitrogens with zero attached hydrogens (tertiary/aromatic N) is 2. The lowest BCUT2D eigenvalue weighted by atomic mass is 10.0. The van der Waals surface area contributed by atoms with Gasteiger partial charge >= 0.3 is 0 Å². The van der Waals surface area contributed by atoms with Gasteiger partial charge in [0.05, 0.1) is 5.56 Å². The summed E-state index contributed by atoms with van der Waals surface area (Å²) in [5.74, 6) is 0.0273. The molecule has 0 radical (unpaired) electrons. The molecular weight excluding hydrogens is 320 g/mol. The van der Waals surface area contributed by atoms with Crippen molar-refractivity contribution in [2.45, 2.75) is 6.92 Å². The van der Waals surface area contributed by atoms with Crippen molar-refractivity contribution in [2.75, 3.05) is 11.9 Å². The Morgan fingerprint density at radius 1 is 1.20 bits per heavy atom. The molecular formula is C15H13BrN2O2. The number of hydrogen-bond acceptors (Lipinski definition) is 3. The minimum Gasteiger partial charge on any atom is -0.300 e. The second kappa shape index (κ2) is 5.96. The predicted octanol–water partition coefficient (Wildman–Crippen LogP) is 3.06. The lowest BCUT2D eigenvalue weighted by Crippen LogP contribution is -2.26. The van der Waals surface area contributed by atoms with Gasteiger partial charge in [-0.1, -0.05) is 28.1 Å². The monoisotopic (exact) mass is 332 g/mol. The van der Waals surface area contributed by atoms with Crippen molar-refractivity contribution in [1.82, 2.24) is 4.98 Å². The second-order valence-corrected chi connectivity index (χ2v) is 5.21. The number of hydrogen-bond donors (Lipinski definition) is 0. The Morgan fingerprint density at radius 2 is 1.95 bits per heavy atom. The number of rotatable bonds is 3. The highest BCUT2D eigenvalue weighted by Crippen LogP contribution is 2.21. The van der Waals surface area contributed by atoms with Crippen molar-refractivity contribution in [1.29, 1.82) is 0 Å². The Bertz CT molecular complexity index is 670. The molecule has 1 aromatic heterocycles. The van der Waals surface area contributed by atoms with E-state index in [2.05, 4.69) is 20.9 Å². The van der Waals surface area contributed by atoms with E-state index in [0.717, 1.165) is 4.47 Å². The molecule has 0 bridgehead atoms. The number of halogens is 1. The number of anilines is 1. The molecule has 2 aromatic rings. The standard InChI is InChI=1S/C15H13BrN2O2/c1-10(19)18(2)15-13(7-4-8-17-15)14(20)11-5-3-6-12(16)9-11/h3-9H,1-2H3. The molecule has 1 amide bonds. The first-order valence-corrected chi connectivity index (χ1v) is 6.79. The molecule has 0 atom stereocenters. The molecule has 5 heteroatoms. The normalized spacial score (nSPS) is 10.2. The summed E-state index contributed by atoms with van der Waals surface area (Å²) >= 11 is 3.34. The predicted molar refractivity (Wildman–Crippen MR) is 80.9 cm³/mol. The van der Waals surface area contributed by atoms with Crippen molar-refractivity contribution in [2.24, 2.45) is 0 Å². The van der Waals surface area contributed by atoms with E-state index < -0.39 is 0 Å². The van der Waals surface area contributed by atoms with Crippen LogP contribution in [0.5, 0.6) is 0 Å². The van der Waals surface area contributed by atoms with Crippen LogP contribution in [0, 0.1) is 0 Å². The van der Waals surface area contributed by atoms with E-state index >= 15 is 0 Å². The van der Waals surface area contributed by atoms with E-state index in [0.29, 0.717) is 16.9 Å². The first-order valence-electron chi connectivity index (χ1n) is 6.00. The molecule has 0 saturated heterocycles. The Labute approximate surface area is 125 Å². The van der Waals surface area contributed by atoms with Gasteiger partial charge in [0, 0.05) is 30.2 Å². The summed E-state index contributed by atoms with van der Waals surface area (Å²) in [7, 11) is 1.60. The van der Waals surface area contributed by atoms with E-state index in [1.165, 1.54) is 11.8 Å². The van der Waals surface area contributed by atoms with Crippen molar-refractivity contribution >= 4 is 33.4 Å². The Morgan fingerprint density at radius 3 is 2.60 bits per heavy atom. The fourth-order valence-electron chi connectivity index (χ4n) is 1.78. The largest absolute Gasteiger partial charge is 0.300 e. The molecule has 0 fully saturated rings. The van der Waals surface area contributed by atoms with Crippen molar-refractivity contribution in [3.63, 3.8) is 0 Å². The zero-order chi connectivity index (χ0) is 14.7. The topological polar surface area (TPSA) is 50.3 Å². The van der Waals surface area contributed by atoms with E-state index in [9.17, 15) is 9.59 Å². The maximum absolute atomic E-state index is 12.5. The first kappa shape index (κ1) is 14.4. The van der Waals surface area contributed by atoms with Crippen LogP contribution in [0.25, 0.3) is 0 Å². The van der Waals surface area contributed by atoms with Crippen LogP contribution in [0.2, 0.25) is 0 Å². The summed E-state index contributed by atoms with van der Waals surface area (Å²) < 4.78 is 0.828. The van der Waals surface area contributed by atoms with E-state index in [1.807, 2.05) is 6.07 Å². The minimum absolute atomic E-state index is 0.164. The number of carbonyl (C=O) groups excluding carboxylic acids is 2. The third-order valence-electron chi connectivity index (χ3n) is 2.91. The van der Waals surface area contributed by atoms with Crippen LogP contribution in [0.15, 0.2) is 47.1 Å². The highest BCUT2D eigenvalue weighted by atomic mass is 79.9. The zero-order valence-electron chi connectivity index (χ0n) is 11.1. The van der Waals surface area contributed by atoms with Gasteiger partial charge in [-0.15, -0.1) is 0 Å². The summed E-state index contributed by atoms with van der Waals surface area (Å²) in [6.07, 6.45) is 1.56. The molecule has 0 aliphatic carbocycles. The molecule has 2 rings (SSSR count). The third kappa shape index (κ3) is 2.93. The molecule has 0 aliphatic heterocycles. The number of pyridine rings is 1. The van der Waals surface area contributed by atoms with Crippen LogP contribution >= 0.6 is 15.9 Å². The maximum Gasteiger partial charge on any atom is 0.224 e. The highest BCUT2D eigenvalue weighted by Gasteiger charge is 2.18. The summed E-state index contributed by atoms with van der Waals surface area (Å²) in [6.45, 7) is 1.43. The van der Waals surface area contributed by atoms with Crippen LogP contribution < -0.4 is 4.90 Å². The lowest BCUT2D eigenvalue weighted by molar-refractivity contribution is -0.116. The van der Waals surface area contributed by atoms with E-state index in [1.54, 1.807) is 43.6 Å². The zero-order valence-corrected chi connectivity index (χ0v) is 12.7. The van der Waals surface area contributed by atoms with Crippen LogP contribution in [-0.2, 0) is 4.79 Å². The Balaban J connectivity index is 2.48. The molecule has 20 heavy (non-hydrogen) atoms. The maximum atomic E-state index is 12.5.